The van der Waals surface area contributed by atoms with Crippen molar-refractivity contribution in [1.29, 1.82) is 0 Å². The van der Waals surface area contributed by atoms with Crippen molar-refractivity contribution in [2.45, 2.75) is 6.92 Å². The Morgan fingerprint density at radius 2 is 1.75 bits per heavy atom. The zero-order valence-electron chi connectivity index (χ0n) is 8.55. The Kier molecular flexibility index (Phi) is 2.57. The summed E-state index contributed by atoms with van der Waals surface area (Å²) in [4.78, 5) is 0. The van der Waals surface area contributed by atoms with E-state index in [0.717, 1.165) is 4.47 Å². The smallest absolute Gasteiger partial charge is 0.0395 e. The molecule has 3 aromatic rings. The van der Waals surface area contributed by atoms with E-state index >= 15 is 0 Å². The predicted octanol–water partition coefficient (Wildman–Crippen LogP) is 5.89. The third kappa shape index (κ3) is 1.53. The monoisotopic (exact) mass is 354 g/mol. The van der Waals surface area contributed by atoms with Crippen LogP contribution in [-0.4, -0.2) is 0 Å². The molecule has 3 rings (SSSR count). The summed E-state index contributed by atoms with van der Waals surface area (Å²) in [6, 6.07) is 10.8. The van der Waals surface area contributed by atoms with Gasteiger partial charge in [0.15, 0.2) is 0 Å². The van der Waals surface area contributed by atoms with Crippen LogP contribution in [-0.2, 0) is 0 Å². The molecule has 0 aliphatic rings. The quantitative estimate of drug-likeness (QED) is 0.471. The predicted molar refractivity (Wildman–Crippen MR) is 79.5 cm³/mol. The lowest BCUT2D eigenvalue weighted by atomic mass is 10.1. The first-order chi connectivity index (χ1) is 7.66. The van der Waals surface area contributed by atoms with Gasteiger partial charge in [-0.2, -0.15) is 0 Å². The van der Waals surface area contributed by atoms with Gasteiger partial charge in [-0.3, -0.25) is 0 Å². The van der Waals surface area contributed by atoms with Crippen LogP contribution in [0.5, 0.6) is 0 Å². The van der Waals surface area contributed by atoms with Gasteiger partial charge in [0.25, 0.3) is 0 Å². The summed E-state index contributed by atoms with van der Waals surface area (Å²) in [7, 11) is 0. The molecule has 0 aliphatic heterocycles. The highest BCUT2D eigenvalue weighted by molar-refractivity contribution is 9.10. The van der Waals surface area contributed by atoms with Crippen LogP contribution >= 0.6 is 43.2 Å². The summed E-state index contributed by atoms with van der Waals surface area (Å²) in [6.07, 6.45) is 0. The van der Waals surface area contributed by atoms with Crippen molar-refractivity contribution in [3.8, 4) is 0 Å². The molecule has 1 aromatic heterocycles. The number of halogens is 2. The van der Waals surface area contributed by atoms with E-state index < -0.39 is 0 Å². The first-order valence-corrected chi connectivity index (χ1v) is 7.34. The molecule has 1 heterocycles. The molecule has 0 aliphatic carbocycles. The normalized spacial score (nSPS) is 11.4. The highest BCUT2D eigenvalue weighted by Crippen LogP contribution is 2.39. The van der Waals surface area contributed by atoms with Crippen molar-refractivity contribution in [2.75, 3.05) is 0 Å². The summed E-state index contributed by atoms with van der Waals surface area (Å²) >= 11 is 8.96. The Morgan fingerprint density at radius 1 is 1.00 bits per heavy atom. The van der Waals surface area contributed by atoms with Gasteiger partial charge in [-0.05, 0) is 30.7 Å². The number of rotatable bonds is 0. The zero-order valence-corrected chi connectivity index (χ0v) is 12.5. The van der Waals surface area contributed by atoms with Crippen LogP contribution in [0.3, 0.4) is 0 Å². The van der Waals surface area contributed by atoms with Crippen molar-refractivity contribution in [3.05, 3.63) is 44.8 Å². The molecule has 0 unspecified atom stereocenters. The lowest BCUT2D eigenvalue weighted by molar-refractivity contribution is 1.51. The maximum atomic E-state index is 3.59. The molecule has 0 saturated carbocycles. The molecule has 0 amide bonds. The van der Waals surface area contributed by atoms with Crippen molar-refractivity contribution in [2.24, 2.45) is 0 Å². The van der Waals surface area contributed by atoms with Crippen molar-refractivity contribution < 1.29 is 0 Å². The van der Waals surface area contributed by atoms with Gasteiger partial charge >= 0.3 is 0 Å². The van der Waals surface area contributed by atoms with Gasteiger partial charge in [0.1, 0.15) is 0 Å². The first-order valence-electron chi connectivity index (χ1n) is 4.93. The van der Waals surface area contributed by atoms with E-state index in [-0.39, 0.29) is 0 Å². The summed E-state index contributed by atoms with van der Waals surface area (Å²) in [5.41, 5.74) is 1.33. The Bertz CT molecular complexity index is 698. The summed E-state index contributed by atoms with van der Waals surface area (Å²) < 4.78 is 5.04. The third-order valence-corrected chi connectivity index (χ3v) is 5.43. The van der Waals surface area contributed by atoms with Crippen molar-refractivity contribution in [3.63, 3.8) is 0 Å². The topological polar surface area (TPSA) is 0 Å². The molecule has 0 nitrogen and oxygen atoms in total. The van der Waals surface area contributed by atoms with Crippen LogP contribution in [0.4, 0.5) is 0 Å². The molecule has 0 radical (unpaired) electrons. The van der Waals surface area contributed by atoms with Gasteiger partial charge in [-0.1, -0.05) is 44.0 Å². The van der Waals surface area contributed by atoms with E-state index in [1.54, 1.807) is 0 Å². The Morgan fingerprint density at radius 3 is 2.56 bits per heavy atom. The Balaban J connectivity index is 2.55. The third-order valence-electron chi connectivity index (χ3n) is 2.79. The molecule has 0 saturated heterocycles. The van der Waals surface area contributed by atoms with Crippen LogP contribution in [0, 0.1) is 6.92 Å². The summed E-state index contributed by atoms with van der Waals surface area (Å²) in [6.45, 7) is 2.16. The second-order valence-corrected chi connectivity index (χ2v) is 6.61. The van der Waals surface area contributed by atoms with Crippen molar-refractivity contribution in [1.82, 2.24) is 0 Å². The van der Waals surface area contributed by atoms with Crippen LogP contribution < -0.4 is 0 Å². The highest BCUT2D eigenvalue weighted by Gasteiger charge is 2.08. The fourth-order valence-electron chi connectivity index (χ4n) is 1.92. The maximum absolute atomic E-state index is 3.59. The van der Waals surface area contributed by atoms with Gasteiger partial charge in [0.2, 0.25) is 0 Å². The second-order valence-electron chi connectivity index (χ2n) is 3.79. The van der Waals surface area contributed by atoms with Crippen LogP contribution in [0.2, 0.25) is 0 Å². The largest absolute Gasteiger partial charge is 0.135 e. The maximum Gasteiger partial charge on any atom is 0.0395 e. The van der Waals surface area contributed by atoms with Crippen LogP contribution in [0.15, 0.2) is 39.3 Å². The van der Waals surface area contributed by atoms with Gasteiger partial charge in [0.05, 0.1) is 0 Å². The molecular formula is C13H8Br2S. The fraction of sp³-hybridized carbons (Fsp3) is 0.0769. The summed E-state index contributed by atoms with van der Waals surface area (Å²) in [5.74, 6) is 0. The minimum Gasteiger partial charge on any atom is -0.135 e. The first kappa shape index (κ1) is 10.8. The molecular weight excluding hydrogens is 348 g/mol. The van der Waals surface area contributed by atoms with Gasteiger partial charge < -0.3 is 0 Å². The van der Waals surface area contributed by atoms with Gasteiger partial charge in [-0.15, -0.1) is 11.3 Å². The van der Waals surface area contributed by atoms with Gasteiger partial charge in [0, 0.05) is 29.1 Å². The molecule has 16 heavy (non-hydrogen) atoms. The summed E-state index contributed by atoms with van der Waals surface area (Å²) in [5, 5.41) is 2.70. The molecule has 0 fully saturated rings. The van der Waals surface area contributed by atoms with E-state index in [1.807, 2.05) is 11.3 Å². The number of hydrogen-bond donors (Lipinski definition) is 0. The van der Waals surface area contributed by atoms with E-state index in [2.05, 4.69) is 69.1 Å². The fourth-order valence-corrected chi connectivity index (χ4v) is 4.14. The molecule has 0 bridgehead atoms. The zero-order chi connectivity index (χ0) is 11.3. The average molecular weight is 356 g/mol. The Hall–Kier alpha value is -0.380. The van der Waals surface area contributed by atoms with Crippen LogP contribution in [0.25, 0.3) is 20.2 Å². The minimum atomic E-state index is 1.14. The molecule has 2 aromatic carbocycles. The lowest BCUT2D eigenvalue weighted by Crippen LogP contribution is -1.74. The molecule has 0 spiro atoms. The molecule has 0 N–H and O–H groups in total. The number of hydrogen-bond acceptors (Lipinski definition) is 1. The number of benzene rings is 2. The number of aryl methyl sites for hydroxylation is 1. The molecule has 80 valence electrons. The second kappa shape index (κ2) is 3.83. The average Bonchev–Trinajstić information content (AvgIpc) is 2.62. The lowest BCUT2D eigenvalue weighted by Gasteiger charge is -1.98. The molecule has 3 heteroatoms. The van der Waals surface area contributed by atoms with E-state index in [9.17, 15) is 0 Å². The minimum absolute atomic E-state index is 1.14. The highest BCUT2D eigenvalue weighted by atomic mass is 79.9. The number of fused-ring (bicyclic) bond motifs is 3. The van der Waals surface area contributed by atoms with Gasteiger partial charge in [-0.25, -0.2) is 0 Å². The number of thiophene rings is 1. The van der Waals surface area contributed by atoms with E-state index in [0.29, 0.717) is 0 Å². The van der Waals surface area contributed by atoms with Crippen molar-refractivity contribution >= 4 is 63.4 Å². The SMILES string of the molecule is Cc1c(Br)ccc2c1sc1cc(Br)ccc12. The molecule has 0 atom stereocenters. The van der Waals surface area contributed by atoms with E-state index in [4.69, 9.17) is 0 Å². The Labute approximate surface area is 115 Å². The van der Waals surface area contributed by atoms with E-state index in [1.165, 1.54) is 30.2 Å². The van der Waals surface area contributed by atoms with Crippen LogP contribution in [0.1, 0.15) is 5.56 Å². The standard InChI is InChI=1S/C13H8Br2S/c1-7-11(15)5-4-10-9-3-2-8(14)6-12(9)16-13(7)10/h2-6H,1H3.